The largest absolute Gasteiger partial charge is 0.296 e. The van der Waals surface area contributed by atoms with E-state index in [0.29, 0.717) is 15.7 Å². The maximum absolute atomic E-state index is 13.0. The first-order valence-corrected chi connectivity index (χ1v) is 8.76. The summed E-state index contributed by atoms with van der Waals surface area (Å²) in [6, 6.07) is 11.4. The van der Waals surface area contributed by atoms with Crippen LogP contribution in [0, 0.1) is 11.6 Å². The smallest absolute Gasteiger partial charge is 0.266 e. The van der Waals surface area contributed by atoms with Crippen LogP contribution < -0.4 is 15.7 Å². The molecule has 0 atom stereocenters. The Labute approximate surface area is 154 Å². The Balaban J connectivity index is 1.79. The number of nitrogens with zero attached hydrogens (tertiary/aromatic N) is 3. The van der Waals surface area contributed by atoms with Crippen molar-refractivity contribution < 1.29 is 8.78 Å². The average molecular weight is 383 g/mol. The molecular weight excluding hydrogens is 372 g/mol. The van der Waals surface area contributed by atoms with Gasteiger partial charge in [-0.2, -0.15) is 14.6 Å². The topological polar surface area (TPSA) is 64.3 Å². The number of hydrogen-bond acceptors (Lipinski definition) is 5. The maximum atomic E-state index is 13.0. The molecule has 27 heavy (non-hydrogen) atoms. The van der Waals surface area contributed by atoms with Crippen LogP contribution in [0.2, 0.25) is 0 Å². The molecule has 0 amide bonds. The van der Waals surface area contributed by atoms with E-state index in [1.165, 1.54) is 24.3 Å². The fourth-order valence-corrected chi connectivity index (χ4v) is 3.46. The van der Waals surface area contributed by atoms with Crippen molar-refractivity contribution in [2.75, 3.05) is 0 Å². The van der Waals surface area contributed by atoms with E-state index in [-0.39, 0.29) is 28.7 Å². The van der Waals surface area contributed by atoms with Crippen molar-refractivity contribution in [2.45, 2.75) is 6.42 Å². The Kier molecular flexibility index (Phi) is 4.33. The van der Waals surface area contributed by atoms with Crippen molar-refractivity contribution >= 4 is 22.4 Å². The Hall–Kier alpha value is -3.26. The SMILES string of the molecule is O=c1nc2sc(=Cc3ccc(F)cc3)c(=O)n2nc1Cc1ccc(F)cc1. The number of hydrogen-bond donors (Lipinski definition) is 0. The minimum atomic E-state index is -0.533. The molecule has 2 aromatic carbocycles. The van der Waals surface area contributed by atoms with Crippen LogP contribution in [0.1, 0.15) is 16.8 Å². The number of benzene rings is 2. The lowest BCUT2D eigenvalue weighted by molar-refractivity contribution is 0.627. The second kappa shape index (κ2) is 6.81. The molecule has 134 valence electrons. The molecule has 0 aliphatic heterocycles. The zero-order valence-electron chi connectivity index (χ0n) is 13.7. The molecule has 8 heteroatoms. The third-order valence-electron chi connectivity index (χ3n) is 3.90. The molecule has 0 spiro atoms. The minimum absolute atomic E-state index is 0.0994. The summed E-state index contributed by atoms with van der Waals surface area (Å²) in [5, 5.41) is 4.13. The molecule has 0 N–H and O–H groups in total. The monoisotopic (exact) mass is 383 g/mol. The van der Waals surface area contributed by atoms with Gasteiger partial charge in [-0.3, -0.25) is 9.59 Å². The van der Waals surface area contributed by atoms with Crippen molar-refractivity contribution in [2.24, 2.45) is 0 Å². The van der Waals surface area contributed by atoms with Gasteiger partial charge in [-0.1, -0.05) is 35.6 Å². The molecule has 0 unspecified atom stereocenters. The van der Waals surface area contributed by atoms with Crippen LogP contribution in [0.3, 0.4) is 0 Å². The fourth-order valence-electron chi connectivity index (χ4n) is 2.56. The number of thiazole rings is 1. The van der Waals surface area contributed by atoms with Gasteiger partial charge < -0.3 is 0 Å². The minimum Gasteiger partial charge on any atom is -0.266 e. The Morgan fingerprint density at radius 3 is 2.26 bits per heavy atom. The van der Waals surface area contributed by atoms with E-state index in [0.717, 1.165) is 15.9 Å². The summed E-state index contributed by atoms with van der Waals surface area (Å²) in [4.78, 5) is 28.9. The predicted molar refractivity (Wildman–Crippen MR) is 97.8 cm³/mol. The second-order valence-corrected chi connectivity index (χ2v) is 6.84. The summed E-state index contributed by atoms with van der Waals surface area (Å²) in [5.41, 5.74) is 0.487. The Morgan fingerprint density at radius 2 is 1.59 bits per heavy atom. The second-order valence-electron chi connectivity index (χ2n) is 5.83. The maximum Gasteiger partial charge on any atom is 0.296 e. The van der Waals surface area contributed by atoms with Crippen molar-refractivity contribution in [1.29, 1.82) is 0 Å². The summed E-state index contributed by atoms with van der Waals surface area (Å²) < 4.78 is 27.4. The first-order chi connectivity index (χ1) is 13.0. The fraction of sp³-hybridized carbons (Fsp3) is 0.0526. The van der Waals surface area contributed by atoms with Gasteiger partial charge in [0, 0.05) is 6.42 Å². The van der Waals surface area contributed by atoms with Crippen LogP contribution in [0.15, 0.2) is 58.1 Å². The predicted octanol–water partition coefficient (Wildman–Crippen LogP) is 1.93. The van der Waals surface area contributed by atoms with Crippen LogP contribution in [-0.4, -0.2) is 14.6 Å². The lowest BCUT2D eigenvalue weighted by Crippen LogP contribution is -2.28. The summed E-state index contributed by atoms with van der Waals surface area (Å²) in [5.74, 6) is -0.748. The molecule has 0 fully saturated rings. The van der Waals surface area contributed by atoms with Crippen LogP contribution >= 0.6 is 11.3 Å². The molecule has 0 saturated heterocycles. The third-order valence-corrected chi connectivity index (χ3v) is 4.86. The van der Waals surface area contributed by atoms with Gasteiger partial charge in [0.15, 0.2) is 0 Å². The lowest BCUT2D eigenvalue weighted by Gasteiger charge is -2.00. The molecule has 4 aromatic rings. The van der Waals surface area contributed by atoms with Gasteiger partial charge in [-0.05, 0) is 41.5 Å². The van der Waals surface area contributed by atoms with Crippen LogP contribution in [-0.2, 0) is 6.42 Å². The Bertz CT molecular complexity index is 1300. The highest BCUT2D eigenvalue weighted by Crippen LogP contribution is 2.07. The van der Waals surface area contributed by atoms with Gasteiger partial charge >= 0.3 is 0 Å². The molecule has 2 aromatic heterocycles. The van der Waals surface area contributed by atoms with Crippen molar-refractivity contribution in [1.82, 2.24) is 14.6 Å². The van der Waals surface area contributed by atoms with Crippen molar-refractivity contribution in [3.8, 4) is 0 Å². The molecule has 0 radical (unpaired) electrons. The lowest BCUT2D eigenvalue weighted by atomic mass is 10.1. The highest BCUT2D eigenvalue weighted by Gasteiger charge is 2.11. The van der Waals surface area contributed by atoms with Crippen LogP contribution in [0.5, 0.6) is 0 Å². The molecule has 0 saturated carbocycles. The Morgan fingerprint density at radius 1 is 0.963 bits per heavy atom. The summed E-state index contributed by atoms with van der Waals surface area (Å²) in [6.45, 7) is 0. The summed E-state index contributed by atoms with van der Waals surface area (Å²) in [6.07, 6.45) is 1.73. The van der Waals surface area contributed by atoms with E-state index in [1.54, 1.807) is 30.3 Å². The number of halogens is 2. The van der Waals surface area contributed by atoms with E-state index in [1.807, 2.05) is 0 Å². The van der Waals surface area contributed by atoms with Gasteiger partial charge in [0.2, 0.25) is 4.96 Å². The molecule has 5 nitrogen and oxygen atoms in total. The average Bonchev–Trinajstić information content (AvgIpc) is 2.94. The standard InChI is InChI=1S/C19H11F2N3O2S/c20-13-5-1-11(2-6-13)9-15-17(25)22-19-24(23-15)18(26)16(27-19)10-12-3-7-14(21)8-4-12/h1-8,10H,9H2. The van der Waals surface area contributed by atoms with E-state index < -0.39 is 11.1 Å². The van der Waals surface area contributed by atoms with Crippen molar-refractivity contribution in [3.05, 3.63) is 102 Å². The zero-order valence-corrected chi connectivity index (χ0v) is 14.5. The summed E-state index contributed by atoms with van der Waals surface area (Å²) in [7, 11) is 0. The van der Waals surface area contributed by atoms with E-state index in [2.05, 4.69) is 10.1 Å². The normalized spacial score (nSPS) is 12.0. The molecular formula is C19H11F2N3O2S. The van der Waals surface area contributed by atoms with Gasteiger partial charge in [-0.25, -0.2) is 8.78 Å². The third kappa shape index (κ3) is 3.52. The quantitative estimate of drug-likeness (QED) is 0.542. The molecule has 0 aliphatic rings. The van der Waals surface area contributed by atoms with Crippen LogP contribution in [0.25, 0.3) is 11.0 Å². The van der Waals surface area contributed by atoms with E-state index >= 15 is 0 Å². The van der Waals surface area contributed by atoms with Crippen LogP contribution in [0.4, 0.5) is 8.78 Å². The highest BCUT2D eigenvalue weighted by molar-refractivity contribution is 7.15. The van der Waals surface area contributed by atoms with Gasteiger partial charge in [0.05, 0.1) is 4.53 Å². The van der Waals surface area contributed by atoms with Gasteiger partial charge in [0.1, 0.15) is 17.3 Å². The van der Waals surface area contributed by atoms with Gasteiger partial charge in [0.25, 0.3) is 11.1 Å². The number of rotatable bonds is 3. The summed E-state index contributed by atoms with van der Waals surface area (Å²) >= 11 is 1.03. The highest BCUT2D eigenvalue weighted by atomic mass is 32.1. The molecule has 4 rings (SSSR count). The van der Waals surface area contributed by atoms with E-state index in [9.17, 15) is 18.4 Å². The number of aromatic nitrogens is 3. The van der Waals surface area contributed by atoms with Crippen molar-refractivity contribution in [3.63, 3.8) is 0 Å². The van der Waals surface area contributed by atoms with E-state index in [4.69, 9.17) is 0 Å². The first-order valence-electron chi connectivity index (χ1n) is 7.94. The zero-order chi connectivity index (χ0) is 19.0. The molecule has 0 aliphatic carbocycles. The first kappa shape index (κ1) is 17.2. The molecule has 2 heterocycles. The number of fused-ring (bicyclic) bond motifs is 1. The molecule has 0 bridgehead atoms. The van der Waals surface area contributed by atoms with Gasteiger partial charge in [-0.15, -0.1) is 0 Å².